The van der Waals surface area contributed by atoms with Crippen molar-refractivity contribution < 1.29 is 4.74 Å². The van der Waals surface area contributed by atoms with Gasteiger partial charge in [0, 0.05) is 41.2 Å². The molecule has 1 spiro atoms. The summed E-state index contributed by atoms with van der Waals surface area (Å²) in [7, 11) is 0. The first-order valence-electron chi connectivity index (χ1n) is 12.0. The Morgan fingerprint density at radius 2 is 2.17 bits per heavy atom. The van der Waals surface area contributed by atoms with Gasteiger partial charge in [0.25, 0.3) is 0 Å². The van der Waals surface area contributed by atoms with Gasteiger partial charge in [-0.25, -0.2) is 15.0 Å². The van der Waals surface area contributed by atoms with E-state index < -0.39 is 0 Å². The smallest absolute Gasteiger partial charge is 0.156 e. The molecule has 5 rings (SSSR count). The summed E-state index contributed by atoms with van der Waals surface area (Å²) in [5.41, 5.74) is 9.60. The molecular weight excluding hydrogens is 494 g/mol. The van der Waals surface area contributed by atoms with Crippen LogP contribution in [0.3, 0.4) is 0 Å². The molecule has 3 N–H and O–H groups in total. The molecule has 1 aromatic carbocycles. The number of hydrogen-bond donors (Lipinski definition) is 2. The second-order valence-corrected chi connectivity index (χ2v) is 10.8. The van der Waals surface area contributed by atoms with Crippen LogP contribution in [0.2, 0.25) is 5.02 Å². The van der Waals surface area contributed by atoms with E-state index in [-0.39, 0.29) is 17.6 Å². The van der Waals surface area contributed by atoms with E-state index in [0.29, 0.717) is 15.7 Å². The number of aromatic nitrogens is 3. The second-order valence-electron chi connectivity index (χ2n) is 9.38. The fourth-order valence-corrected chi connectivity index (χ4v) is 6.02. The number of halogens is 1. The highest BCUT2D eigenvalue weighted by Crippen LogP contribution is 2.41. The summed E-state index contributed by atoms with van der Waals surface area (Å²) in [6.45, 7) is 10.4. The summed E-state index contributed by atoms with van der Waals surface area (Å²) in [5, 5.41) is 1.25. The van der Waals surface area contributed by atoms with E-state index in [0.717, 1.165) is 60.0 Å². The standard InChI is InChI=1S/C26H30ClN7OS/c1-16-24(28)26(15-35-16)8-11-34(12-9-26)17(2)31-14-22(29-3)36-21-6-4-5-18(23(21)27)20-13-32-25-19(33-20)7-10-30-25/h4-7,10,13-14,16,24H,3,8-9,11-12,15,28H2,1-2H3,(H,30,32)/b22-14+,31-17?/t16-,24+/m0/s1. The Morgan fingerprint density at radius 1 is 1.36 bits per heavy atom. The molecule has 0 aliphatic carbocycles. The first-order valence-corrected chi connectivity index (χ1v) is 13.2. The molecule has 10 heteroatoms. The van der Waals surface area contributed by atoms with Crippen molar-refractivity contribution in [2.75, 3.05) is 19.7 Å². The molecular formula is C26H30ClN7OS. The summed E-state index contributed by atoms with van der Waals surface area (Å²) in [4.78, 5) is 24.2. The molecule has 2 aliphatic rings. The molecule has 0 radical (unpaired) electrons. The lowest BCUT2D eigenvalue weighted by Gasteiger charge is -2.41. The minimum absolute atomic E-state index is 0.0908. The van der Waals surface area contributed by atoms with Gasteiger partial charge >= 0.3 is 0 Å². The van der Waals surface area contributed by atoms with Gasteiger partial charge in [0.2, 0.25) is 0 Å². The van der Waals surface area contributed by atoms with E-state index >= 15 is 0 Å². The van der Waals surface area contributed by atoms with Crippen LogP contribution in [-0.2, 0) is 4.74 Å². The zero-order valence-corrected chi connectivity index (χ0v) is 22.0. The average molecular weight is 524 g/mol. The van der Waals surface area contributed by atoms with Crippen LogP contribution in [0.1, 0.15) is 26.7 Å². The molecule has 0 saturated carbocycles. The number of aliphatic imine (C=N–C) groups is 2. The zero-order valence-electron chi connectivity index (χ0n) is 20.4. The van der Waals surface area contributed by atoms with E-state index in [9.17, 15) is 0 Å². The average Bonchev–Trinajstić information content (AvgIpc) is 3.48. The maximum atomic E-state index is 6.79. The van der Waals surface area contributed by atoms with E-state index in [2.05, 4.69) is 38.5 Å². The van der Waals surface area contributed by atoms with Gasteiger partial charge in [-0.1, -0.05) is 35.5 Å². The lowest BCUT2D eigenvalue weighted by atomic mass is 9.73. The fraction of sp³-hybridized carbons (Fsp3) is 0.385. The van der Waals surface area contributed by atoms with Crippen LogP contribution in [0.15, 0.2) is 62.8 Å². The number of ether oxygens (including phenoxy) is 1. The number of aromatic amines is 1. The van der Waals surface area contributed by atoms with Crippen LogP contribution >= 0.6 is 23.4 Å². The van der Waals surface area contributed by atoms with E-state index in [1.54, 1.807) is 12.4 Å². The number of nitrogens with two attached hydrogens (primary N) is 1. The summed E-state index contributed by atoms with van der Waals surface area (Å²) < 4.78 is 5.84. The van der Waals surface area contributed by atoms with Crippen LogP contribution in [0.25, 0.3) is 22.4 Å². The Hall–Kier alpha value is -2.72. The maximum Gasteiger partial charge on any atom is 0.156 e. The molecule has 3 aromatic rings. The van der Waals surface area contributed by atoms with Crippen LogP contribution in [0, 0.1) is 5.41 Å². The monoisotopic (exact) mass is 523 g/mol. The molecule has 8 nitrogen and oxygen atoms in total. The number of hydrogen-bond acceptors (Lipinski definition) is 7. The zero-order chi connectivity index (χ0) is 25.3. The fourth-order valence-electron chi connectivity index (χ4n) is 4.94. The molecule has 0 unspecified atom stereocenters. The quantitative estimate of drug-likeness (QED) is 0.273. The van der Waals surface area contributed by atoms with Gasteiger partial charge in [-0.3, -0.25) is 4.99 Å². The third-order valence-electron chi connectivity index (χ3n) is 7.30. The van der Waals surface area contributed by atoms with Gasteiger partial charge < -0.3 is 20.4 Å². The van der Waals surface area contributed by atoms with Crippen molar-refractivity contribution in [1.29, 1.82) is 0 Å². The van der Waals surface area contributed by atoms with Crippen molar-refractivity contribution in [3.05, 3.63) is 52.9 Å². The summed E-state index contributed by atoms with van der Waals surface area (Å²) in [5.74, 6) is 0.946. The second kappa shape index (κ2) is 10.3. The van der Waals surface area contributed by atoms with Crippen LogP contribution in [-0.4, -0.2) is 64.2 Å². The van der Waals surface area contributed by atoms with Crippen molar-refractivity contribution >= 4 is 47.1 Å². The number of nitrogens with one attached hydrogen (secondary N) is 1. The van der Waals surface area contributed by atoms with E-state index in [4.69, 9.17) is 27.1 Å². The number of benzene rings is 1. The number of thioether (sulfide) groups is 1. The number of rotatable bonds is 5. The van der Waals surface area contributed by atoms with Gasteiger partial charge in [0.1, 0.15) is 16.4 Å². The Balaban J connectivity index is 1.29. The minimum Gasteiger partial charge on any atom is -0.376 e. The number of amidine groups is 1. The maximum absolute atomic E-state index is 6.79. The topological polar surface area (TPSA) is 105 Å². The SMILES string of the molecule is C=N/C(=C\N=C(C)N1CCC2(CC1)CO[C@@H](C)[C@H]2N)Sc1cccc(-c2cnc3[nH]ccc3n2)c1Cl. The highest BCUT2D eigenvalue weighted by atomic mass is 35.5. The molecule has 2 atom stereocenters. The molecule has 0 bridgehead atoms. The van der Waals surface area contributed by atoms with Gasteiger partial charge in [-0.2, -0.15) is 0 Å². The predicted octanol–water partition coefficient (Wildman–Crippen LogP) is 5.12. The van der Waals surface area contributed by atoms with Gasteiger partial charge in [0.05, 0.1) is 35.8 Å². The first kappa shape index (κ1) is 25.0. The predicted molar refractivity (Wildman–Crippen MR) is 148 cm³/mol. The number of fused-ring (bicyclic) bond motifs is 1. The molecule has 36 heavy (non-hydrogen) atoms. The van der Waals surface area contributed by atoms with Gasteiger partial charge in [-0.15, -0.1) is 0 Å². The first-order chi connectivity index (χ1) is 17.4. The van der Waals surface area contributed by atoms with Gasteiger partial charge in [-0.05, 0) is 45.5 Å². The Kier molecular flexibility index (Phi) is 7.16. The molecule has 188 valence electrons. The number of H-pyrrole nitrogens is 1. The molecule has 2 aliphatic heterocycles. The van der Waals surface area contributed by atoms with Crippen LogP contribution in [0.4, 0.5) is 0 Å². The summed E-state index contributed by atoms with van der Waals surface area (Å²) in [6, 6.07) is 7.82. The normalized spacial score (nSPS) is 22.5. The van der Waals surface area contributed by atoms with Crippen molar-refractivity contribution in [1.82, 2.24) is 19.9 Å². The number of nitrogens with zero attached hydrogens (tertiary/aromatic N) is 5. The van der Waals surface area contributed by atoms with E-state index in [1.807, 2.05) is 37.4 Å². The molecule has 2 fully saturated rings. The lowest BCUT2D eigenvalue weighted by molar-refractivity contribution is 0.0838. The Labute approximate surface area is 220 Å². The third kappa shape index (κ3) is 4.80. The summed E-state index contributed by atoms with van der Waals surface area (Å²) >= 11 is 8.21. The Morgan fingerprint density at radius 3 is 2.89 bits per heavy atom. The Bertz CT molecular complexity index is 1330. The molecule has 2 aromatic heterocycles. The highest BCUT2D eigenvalue weighted by molar-refractivity contribution is 8.03. The highest BCUT2D eigenvalue weighted by Gasteiger charge is 2.47. The number of likely N-dealkylation sites (tertiary alicyclic amines) is 1. The lowest BCUT2D eigenvalue weighted by Crippen LogP contribution is -2.51. The van der Waals surface area contributed by atoms with E-state index in [1.165, 1.54) is 11.8 Å². The van der Waals surface area contributed by atoms with Gasteiger partial charge in [0.15, 0.2) is 5.65 Å². The molecule has 4 heterocycles. The minimum atomic E-state index is 0.0908. The molecule has 2 saturated heterocycles. The van der Waals surface area contributed by atoms with Crippen molar-refractivity contribution in [2.45, 2.75) is 43.7 Å². The molecule has 0 amide bonds. The number of piperidine rings is 1. The van der Waals surface area contributed by atoms with Crippen LogP contribution < -0.4 is 5.73 Å². The largest absolute Gasteiger partial charge is 0.376 e. The summed E-state index contributed by atoms with van der Waals surface area (Å²) in [6.07, 6.45) is 7.43. The van der Waals surface area contributed by atoms with Crippen molar-refractivity contribution in [3.63, 3.8) is 0 Å². The third-order valence-corrected chi connectivity index (χ3v) is 8.82. The van der Waals surface area contributed by atoms with Crippen LogP contribution in [0.5, 0.6) is 0 Å². The van der Waals surface area contributed by atoms with Crippen molar-refractivity contribution in [3.8, 4) is 11.3 Å². The van der Waals surface area contributed by atoms with Crippen molar-refractivity contribution in [2.24, 2.45) is 21.1 Å².